The van der Waals surface area contributed by atoms with Crippen molar-refractivity contribution < 1.29 is 9.90 Å². The lowest BCUT2D eigenvalue weighted by atomic mass is 9.98. The summed E-state index contributed by atoms with van der Waals surface area (Å²) in [6, 6.07) is 3.53. The zero-order valence-electron chi connectivity index (χ0n) is 11.3. The molecule has 2 heterocycles. The highest BCUT2D eigenvalue weighted by molar-refractivity contribution is 5.78. The van der Waals surface area contributed by atoms with Gasteiger partial charge in [-0.3, -0.25) is 9.78 Å². The number of amides is 1. The zero-order chi connectivity index (χ0) is 13.9. The Hall–Kier alpha value is -1.62. The molecule has 5 heteroatoms. The molecule has 104 valence electrons. The quantitative estimate of drug-likeness (QED) is 0.833. The van der Waals surface area contributed by atoms with Gasteiger partial charge in [-0.2, -0.15) is 0 Å². The molecule has 0 radical (unpaired) electrons. The third-order valence-electron chi connectivity index (χ3n) is 3.60. The van der Waals surface area contributed by atoms with Crippen LogP contribution in [0.3, 0.4) is 0 Å². The molecule has 1 aromatic rings. The van der Waals surface area contributed by atoms with Crippen molar-refractivity contribution in [2.45, 2.75) is 38.2 Å². The van der Waals surface area contributed by atoms with Crippen molar-refractivity contribution in [2.75, 3.05) is 18.8 Å². The summed E-state index contributed by atoms with van der Waals surface area (Å²) in [6.07, 6.45) is 4.08. The topological polar surface area (TPSA) is 79.5 Å². The van der Waals surface area contributed by atoms with Gasteiger partial charge in [-0.25, -0.2) is 0 Å². The number of anilines is 1. The second-order valence-corrected chi connectivity index (χ2v) is 5.49. The van der Waals surface area contributed by atoms with E-state index in [1.807, 2.05) is 11.8 Å². The standard InChI is InChI=1S/C14H21N3O2/c1-14(19)5-2-7-17(8-6-14)13(18)9-12-4-3-11(15)10-16-12/h3-4,10,19H,2,5-9,15H2,1H3. The van der Waals surface area contributed by atoms with E-state index >= 15 is 0 Å². The highest BCUT2D eigenvalue weighted by Crippen LogP contribution is 2.21. The summed E-state index contributed by atoms with van der Waals surface area (Å²) in [6.45, 7) is 3.16. The van der Waals surface area contributed by atoms with Crippen LogP contribution in [0.1, 0.15) is 31.9 Å². The number of likely N-dealkylation sites (tertiary alicyclic amines) is 1. The number of nitrogen functional groups attached to an aromatic ring is 1. The van der Waals surface area contributed by atoms with Gasteiger partial charge in [0, 0.05) is 18.8 Å². The molecule has 1 atom stereocenters. The van der Waals surface area contributed by atoms with Gasteiger partial charge in [0.05, 0.1) is 23.9 Å². The molecule has 1 aliphatic rings. The van der Waals surface area contributed by atoms with E-state index in [9.17, 15) is 9.90 Å². The molecule has 1 aliphatic heterocycles. The fourth-order valence-electron chi connectivity index (χ4n) is 2.32. The maximum absolute atomic E-state index is 12.2. The van der Waals surface area contributed by atoms with Crippen LogP contribution in [-0.2, 0) is 11.2 Å². The molecule has 0 saturated carbocycles. The van der Waals surface area contributed by atoms with Gasteiger partial charge >= 0.3 is 0 Å². The fraction of sp³-hybridized carbons (Fsp3) is 0.571. The Labute approximate surface area is 113 Å². The van der Waals surface area contributed by atoms with Crippen molar-refractivity contribution in [1.82, 2.24) is 9.88 Å². The summed E-state index contributed by atoms with van der Waals surface area (Å²) >= 11 is 0. The maximum atomic E-state index is 12.2. The van der Waals surface area contributed by atoms with Crippen LogP contribution in [0, 0.1) is 0 Å². The van der Waals surface area contributed by atoms with Crippen molar-refractivity contribution in [2.24, 2.45) is 0 Å². The summed E-state index contributed by atoms with van der Waals surface area (Å²) < 4.78 is 0. The minimum atomic E-state index is -0.644. The molecule has 1 fully saturated rings. The third kappa shape index (κ3) is 3.92. The predicted octanol–water partition coefficient (Wildman–Crippen LogP) is 0.970. The number of nitrogens with two attached hydrogens (primary N) is 1. The van der Waals surface area contributed by atoms with Gasteiger partial charge in [0.25, 0.3) is 0 Å². The predicted molar refractivity (Wildman–Crippen MR) is 73.4 cm³/mol. The molecule has 1 unspecified atom stereocenters. The Morgan fingerprint density at radius 1 is 1.47 bits per heavy atom. The number of aliphatic hydroxyl groups is 1. The van der Waals surface area contributed by atoms with Crippen molar-refractivity contribution in [3.05, 3.63) is 24.0 Å². The molecule has 0 aliphatic carbocycles. The van der Waals surface area contributed by atoms with E-state index in [1.54, 1.807) is 18.3 Å². The molecule has 0 bridgehead atoms. The third-order valence-corrected chi connectivity index (χ3v) is 3.60. The van der Waals surface area contributed by atoms with Crippen molar-refractivity contribution in [3.8, 4) is 0 Å². The Morgan fingerprint density at radius 3 is 2.95 bits per heavy atom. The van der Waals surface area contributed by atoms with E-state index in [4.69, 9.17) is 5.73 Å². The van der Waals surface area contributed by atoms with E-state index in [1.165, 1.54) is 0 Å². The number of rotatable bonds is 2. The zero-order valence-corrected chi connectivity index (χ0v) is 11.3. The van der Waals surface area contributed by atoms with Crippen LogP contribution in [0.2, 0.25) is 0 Å². The Balaban J connectivity index is 1.94. The number of aromatic nitrogens is 1. The first kappa shape index (κ1) is 13.8. The van der Waals surface area contributed by atoms with Gasteiger partial charge in [0.2, 0.25) is 5.91 Å². The highest BCUT2D eigenvalue weighted by atomic mass is 16.3. The number of hydrogen-bond donors (Lipinski definition) is 2. The second-order valence-electron chi connectivity index (χ2n) is 5.49. The molecule has 2 rings (SSSR count). The average molecular weight is 263 g/mol. The molecule has 19 heavy (non-hydrogen) atoms. The summed E-state index contributed by atoms with van der Waals surface area (Å²) in [7, 11) is 0. The summed E-state index contributed by atoms with van der Waals surface area (Å²) in [4.78, 5) is 18.2. The summed E-state index contributed by atoms with van der Waals surface area (Å²) in [5.74, 6) is 0.0648. The maximum Gasteiger partial charge on any atom is 0.228 e. The lowest BCUT2D eigenvalue weighted by molar-refractivity contribution is -0.130. The van der Waals surface area contributed by atoms with Crippen LogP contribution in [0.15, 0.2) is 18.3 Å². The van der Waals surface area contributed by atoms with E-state index in [2.05, 4.69) is 4.98 Å². The first-order valence-corrected chi connectivity index (χ1v) is 6.67. The summed E-state index contributed by atoms with van der Waals surface area (Å²) in [5, 5.41) is 10.0. The normalized spacial score (nSPS) is 24.0. The van der Waals surface area contributed by atoms with E-state index in [0.29, 0.717) is 31.6 Å². The number of carbonyl (C=O) groups is 1. The molecule has 0 spiro atoms. The van der Waals surface area contributed by atoms with Gasteiger partial charge in [-0.15, -0.1) is 0 Å². The summed E-state index contributed by atoms with van der Waals surface area (Å²) in [5.41, 5.74) is 6.25. The van der Waals surface area contributed by atoms with Gasteiger partial charge in [-0.05, 0) is 38.3 Å². The second kappa shape index (κ2) is 5.57. The van der Waals surface area contributed by atoms with Crippen molar-refractivity contribution in [3.63, 3.8) is 0 Å². The monoisotopic (exact) mass is 263 g/mol. The van der Waals surface area contributed by atoms with Gasteiger partial charge in [-0.1, -0.05) is 0 Å². The molecular formula is C14H21N3O2. The lowest BCUT2D eigenvalue weighted by Gasteiger charge is -2.22. The van der Waals surface area contributed by atoms with E-state index < -0.39 is 5.60 Å². The Bertz CT molecular complexity index is 443. The molecule has 1 amide bonds. The average Bonchev–Trinajstić information content (AvgIpc) is 2.53. The van der Waals surface area contributed by atoms with Crippen LogP contribution < -0.4 is 5.73 Å². The number of pyridine rings is 1. The SMILES string of the molecule is CC1(O)CCCN(C(=O)Cc2ccc(N)cn2)CC1. The molecule has 1 aromatic heterocycles. The highest BCUT2D eigenvalue weighted by Gasteiger charge is 2.26. The first-order chi connectivity index (χ1) is 8.96. The van der Waals surface area contributed by atoms with Gasteiger partial charge < -0.3 is 15.7 Å². The lowest BCUT2D eigenvalue weighted by Crippen LogP contribution is -2.34. The van der Waals surface area contributed by atoms with E-state index in [0.717, 1.165) is 18.5 Å². The molecule has 1 saturated heterocycles. The van der Waals surface area contributed by atoms with Crippen LogP contribution >= 0.6 is 0 Å². The first-order valence-electron chi connectivity index (χ1n) is 6.67. The van der Waals surface area contributed by atoms with Crippen molar-refractivity contribution in [1.29, 1.82) is 0 Å². The van der Waals surface area contributed by atoms with Gasteiger partial charge in [0.15, 0.2) is 0 Å². The van der Waals surface area contributed by atoms with Crippen molar-refractivity contribution >= 4 is 11.6 Å². The fourth-order valence-corrected chi connectivity index (χ4v) is 2.32. The minimum Gasteiger partial charge on any atom is -0.397 e. The van der Waals surface area contributed by atoms with E-state index in [-0.39, 0.29) is 5.91 Å². The molecule has 3 N–H and O–H groups in total. The van der Waals surface area contributed by atoms with Crippen LogP contribution in [0.4, 0.5) is 5.69 Å². The Kier molecular flexibility index (Phi) is 4.04. The minimum absolute atomic E-state index is 0.0648. The molecule has 0 aromatic carbocycles. The number of nitrogens with zero attached hydrogens (tertiary/aromatic N) is 2. The van der Waals surface area contributed by atoms with Gasteiger partial charge in [0.1, 0.15) is 0 Å². The van der Waals surface area contributed by atoms with Crippen LogP contribution in [0.5, 0.6) is 0 Å². The number of carbonyl (C=O) groups excluding carboxylic acids is 1. The Morgan fingerprint density at radius 2 is 2.26 bits per heavy atom. The number of hydrogen-bond acceptors (Lipinski definition) is 4. The molecular weight excluding hydrogens is 242 g/mol. The molecule has 5 nitrogen and oxygen atoms in total. The largest absolute Gasteiger partial charge is 0.397 e. The van der Waals surface area contributed by atoms with Crippen LogP contribution in [0.25, 0.3) is 0 Å². The van der Waals surface area contributed by atoms with Crippen LogP contribution in [-0.4, -0.2) is 39.6 Å². The smallest absolute Gasteiger partial charge is 0.228 e.